The summed E-state index contributed by atoms with van der Waals surface area (Å²) in [6.07, 6.45) is -1.17. The molecule has 0 aliphatic rings. The second-order valence-electron chi connectivity index (χ2n) is 3.37. The Hall–Kier alpha value is -1.95. The Morgan fingerprint density at radius 2 is 2.06 bits per heavy atom. The van der Waals surface area contributed by atoms with E-state index in [4.69, 9.17) is 0 Å². The maximum atomic E-state index is 11.1. The monoisotopic (exact) mass is 239 g/mol. The fourth-order valence-corrected chi connectivity index (χ4v) is 1.31. The van der Waals surface area contributed by atoms with Crippen LogP contribution in [0.3, 0.4) is 0 Å². The van der Waals surface area contributed by atoms with Gasteiger partial charge in [-0.3, -0.25) is 14.9 Å². The van der Waals surface area contributed by atoms with Crippen molar-refractivity contribution >= 4 is 11.7 Å². The van der Waals surface area contributed by atoms with E-state index >= 15 is 0 Å². The molecule has 0 bridgehead atoms. The summed E-state index contributed by atoms with van der Waals surface area (Å²) in [5.41, 5.74) is 0.390. The molecule has 0 amide bonds. The summed E-state index contributed by atoms with van der Waals surface area (Å²) in [5.74, 6) is -0.502. The molecule has 0 heterocycles. The lowest BCUT2D eigenvalue weighted by atomic mass is 10.1. The van der Waals surface area contributed by atoms with Crippen LogP contribution >= 0.6 is 0 Å². The van der Waals surface area contributed by atoms with Crippen LogP contribution in [0.15, 0.2) is 24.3 Å². The third-order valence-corrected chi connectivity index (χ3v) is 2.15. The van der Waals surface area contributed by atoms with Crippen LogP contribution in [0.5, 0.6) is 0 Å². The summed E-state index contributed by atoms with van der Waals surface area (Å²) in [5, 5.41) is 20.1. The Kier molecular flexibility index (Phi) is 4.59. The largest absolute Gasteiger partial charge is 0.466 e. The van der Waals surface area contributed by atoms with E-state index in [2.05, 4.69) is 4.74 Å². The number of esters is 1. The van der Waals surface area contributed by atoms with Crippen molar-refractivity contribution in [2.75, 3.05) is 6.61 Å². The average Bonchev–Trinajstić information content (AvgIpc) is 2.29. The number of carbonyl (C=O) groups is 1. The first-order valence-corrected chi connectivity index (χ1v) is 5.12. The third kappa shape index (κ3) is 3.84. The molecule has 92 valence electrons. The molecule has 0 saturated heterocycles. The molecule has 17 heavy (non-hydrogen) atoms. The Bertz CT molecular complexity index is 401. The van der Waals surface area contributed by atoms with Crippen molar-refractivity contribution in [2.45, 2.75) is 19.4 Å². The fourth-order valence-electron chi connectivity index (χ4n) is 1.31. The van der Waals surface area contributed by atoms with Crippen molar-refractivity contribution in [2.24, 2.45) is 0 Å². The van der Waals surface area contributed by atoms with E-state index in [9.17, 15) is 20.0 Å². The number of carbonyl (C=O) groups excluding carboxylic acids is 1. The summed E-state index contributed by atoms with van der Waals surface area (Å²) in [4.78, 5) is 21.0. The summed E-state index contributed by atoms with van der Waals surface area (Å²) >= 11 is 0. The predicted octanol–water partition coefficient (Wildman–Crippen LogP) is 1.58. The highest BCUT2D eigenvalue weighted by Gasteiger charge is 2.15. The average molecular weight is 239 g/mol. The fraction of sp³-hybridized carbons (Fsp3) is 0.364. The van der Waals surface area contributed by atoms with Gasteiger partial charge in [-0.2, -0.15) is 0 Å². The van der Waals surface area contributed by atoms with Crippen molar-refractivity contribution in [1.29, 1.82) is 0 Å². The van der Waals surface area contributed by atoms with Gasteiger partial charge in [0.2, 0.25) is 0 Å². The summed E-state index contributed by atoms with van der Waals surface area (Å²) < 4.78 is 4.69. The van der Waals surface area contributed by atoms with Crippen LogP contribution in [0.1, 0.15) is 25.0 Å². The Morgan fingerprint density at radius 1 is 1.47 bits per heavy atom. The van der Waals surface area contributed by atoms with Crippen molar-refractivity contribution < 1.29 is 19.6 Å². The smallest absolute Gasteiger partial charge is 0.308 e. The molecule has 0 aliphatic carbocycles. The van der Waals surface area contributed by atoms with Crippen LogP contribution in [-0.4, -0.2) is 22.6 Å². The molecular weight excluding hydrogens is 226 g/mol. The normalized spacial score (nSPS) is 11.9. The van der Waals surface area contributed by atoms with Gasteiger partial charge in [0, 0.05) is 12.1 Å². The highest BCUT2D eigenvalue weighted by atomic mass is 16.6. The van der Waals surface area contributed by atoms with Crippen LogP contribution in [0.2, 0.25) is 0 Å². The maximum Gasteiger partial charge on any atom is 0.308 e. The molecular formula is C11H13NO5. The number of rotatable bonds is 5. The first-order chi connectivity index (χ1) is 8.04. The molecule has 1 rings (SSSR count). The Labute approximate surface area is 98.0 Å². The first kappa shape index (κ1) is 13.1. The Balaban J connectivity index is 2.66. The highest BCUT2D eigenvalue weighted by molar-refractivity contribution is 5.70. The molecule has 1 N–H and O–H groups in total. The van der Waals surface area contributed by atoms with E-state index in [1.807, 2.05) is 0 Å². The molecule has 1 atom stereocenters. The molecule has 0 unspecified atom stereocenters. The molecule has 0 aromatic heterocycles. The summed E-state index contributed by atoms with van der Waals surface area (Å²) in [6, 6.07) is 5.40. The molecule has 0 saturated carbocycles. The van der Waals surface area contributed by atoms with Gasteiger partial charge in [-0.1, -0.05) is 0 Å². The van der Waals surface area contributed by atoms with Crippen LogP contribution in [-0.2, 0) is 9.53 Å². The van der Waals surface area contributed by atoms with Gasteiger partial charge >= 0.3 is 5.97 Å². The minimum Gasteiger partial charge on any atom is -0.466 e. The van der Waals surface area contributed by atoms with E-state index in [0.717, 1.165) is 0 Å². The molecule has 0 spiro atoms. The number of nitro groups is 1. The number of aliphatic hydroxyl groups is 1. The first-order valence-electron chi connectivity index (χ1n) is 5.12. The van der Waals surface area contributed by atoms with E-state index < -0.39 is 17.0 Å². The quantitative estimate of drug-likeness (QED) is 0.478. The Morgan fingerprint density at radius 3 is 2.53 bits per heavy atom. The van der Waals surface area contributed by atoms with Gasteiger partial charge in [0.25, 0.3) is 5.69 Å². The zero-order valence-electron chi connectivity index (χ0n) is 9.33. The van der Waals surface area contributed by atoms with Gasteiger partial charge in [-0.05, 0) is 24.6 Å². The maximum absolute atomic E-state index is 11.1. The standard InChI is InChI=1S/C11H13NO5/c1-2-17-11(14)7-10(13)8-3-5-9(6-4-8)12(15)16/h3-6,10,13H,2,7H2,1H3/t10-/m1/s1. The van der Waals surface area contributed by atoms with E-state index in [-0.39, 0.29) is 18.7 Å². The number of aliphatic hydroxyl groups excluding tert-OH is 1. The van der Waals surface area contributed by atoms with Crippen molar-refractivity contribution in [3.05, 3.63) is 39.9 Å². The topological polar surface area (TPSA) is 89.7 Å². The lowest BCUT2D eigenvalue weighted by Gasteiger charge is -2.09. The highest BCUT2D eigenvalue weighted by Crippen LogP contribution is 2.20. The van der Waals surface area contributed by atoms with Gasteiger partial charge in [0.05, 0.1) is 24.1 Å². The summed E-state index contributed by atoms with van der Waals surface area (Å²) in [7, 11) is 0. The minimum atomic E-state index is -1.00. The van der Waals surface area contributed by atoms with Crippen molar-refractivity contribution in [3.63, 3.8) is 0 Å². The second kappa shape index (κ2) is 5.95. The van der Waals surface area contributed by atoms with Gasteiger partial charge < -0.3 is 9.84 Å². The second-order valence-corrected chi connectivity index (χ2v) is 3.37. The molecule has 0 radical (unpaired) electrons. The van der Waals surface area contributed by atoms with Crippen LogP contribution < -0.4 is 0 Å². The SMILES string of the molecule is CCOC(=O)C[C@@H](O)c1ccc([N+](=O)[O-])cc1. The van der Waals surface area contributed by atoms with E-state index in [1.165, 1.54) is 24.3 Å². The van der Waals surface area contributed by atoms with Crippen LogP contribution in [0.4, 0.5) is 5.69 Å². The molecule has 1 aromatic carbocycles. The number of hydrogen-bond donors (Lipinski definition) is 1. The number of hydrogen-bond acceptors (Lipinski definition) is 5. The van der Waals surface area contributed by atoms with Gasteiger partial charge in [0.1, 0.15) is 0 Å². The van der Waals surface area contributed by atoms with Crippen LogP contribution in [0.25, 0.3) is 0 Å². The van der Waals surface area contributed by atoms with Gasteiger partial charge in [-0.25, -0.2) is 0 Å². The third-order valence-electron chi connectivity index (χ3n) is 2.15. The minimum absolute atomic E-state index is 0.0583. The van der Waals surface area contributed by atoms with Crippen molar-refractivity contribution in [3.8, 4) is 0 Å². The number of nitrogens with zero attached hydrogens (tertiary/aromatic N) is 1. The van der Waals surface area contributed by atoms with E-state index in [1.54, 1.807) is 6.92 Å². The zero-order valence-corrected chi connectivity index (χ0v) is 9.33. The predicted molar refractivity (Wildman–Crippen MR) is 59.3 cm³/mol. The molecule has 0 aliphatic heterocycles. The number of ether oxygens (including phenoxy) is 1. The molecule has 0 fully saturated rings. The van der Waals surface area contributed by atoms with Gasteiger partial charge in [0.15, 0.2) is 0 Å². The number of non-ortho nitro benzene ring substituents is 1. The molecule has 6 heteroatoms. The van der Waals surface area contributed by atoms with E-state index in [0.29, 0.717) is 5.56 Å². The lowest BCUT2D eigenvalue weighted by Crippen LogP contribution is -2.10. The lowest BCUT2D eigenvalue weighted by molar-refractivity contribution is -0.384. The number of benzene rings is 1. The molecule has 1 aromatic rings. The van der Waals surface area contributed by atoms with Gasteiger partial charge in [-0.15, -0.1) is 0 Å². The number of nitro benzene ring substituents is 1. The summed E-state index contributed by atoms with van der Waals surface area (Å²) in [6.45, 7) is 1.93. The van der Waals surface area contributed by atoms with Crippen molar-refractivity contribution in [1.82, 2.24) is 0 Å². The zero-order chi connectivity index (χ0) is 12.8. The van der Waals surface area contributed by atoms with Crippen LogP contribution in [0, 0.1) is 10.1 Å². The molecule has 6 nitrogen and oxygen atoms in total.